The second-order valence-corrected chi connectivity index (χ2v) is 3.06. The molecule has 1 spiro atoms. The van der Waals surface area contributed by atoms with Crippen molar-refractivity contribution in [3.63, 3.8) is 0 Å². The molecule has 2 fully saturated rings. The zero-order valence-electron chi connectivity index (χ0n) is 6.47. The molecular weight excluding hydrogens is 166 g/mol. The Kier molecular flexibility index (Phi) is 3.13. The Balaban J connectivity index is 0.000000605. The Morgan fingerprint density at radius 2 is 1.91 bits per heavy atom. The fraction of sp³-hybridized carbons (Fsp3) is 1.00. The minimum absolute atomic E-state index is 0. The molecule has 0 atom stereocenters. The van der Waals surface area contributed by atoms with E-state index >= 15 is 0 Å². The van der Waals surface area contributed by atoms with Crippen molar-refractivity contribution < 1.29 is 9.47 Å². The normalized spacial score (nSPS) is 28.4. The lowest BCUT2D eigenvalue weighted by Crippen LogP contribution is -2.60. The SMILES string of the molecule is C1COCCC2(COC2)N1.Cl. The van der Waals surface area contributed by atoms with Gasteiger partial charge in [-0.1, -0.05) is 0 Å². The van der Waals surface area contributed by atoms with E-state index in [0.717, 1.165) is 39.4 Å². The first-order valence-electron chi connectivity index (χ1n) is 3.82. The largest absolute Gasteiger partial charge is 0.380 e. The number of rotatable bonds is 0. The maximum absolute atomic E-state index is 5.31. The predicted octanol–water partition coefficient (Wildman–Crippen LogP) is 0.187. The number of nitrogens with one attached hydrogen (secondary N) is 1. The van der Waals surface area contributed by atoms with Crippen molar-refractivity contribution in [1.29, 1.82) is 0 Å². The summed E-state index contributed by atoms with van der Waals surface area (Å²) in [5, 5.41) is 3.44. The smallest absolute Gasteiger partial charge is 0.0676 e. The highest BCUT2D eigenvalue weighted by atomic mass is 35.5. The maximum Gasteiger partial charge on any atom is 0.0676 e. The quantitative estimate of drug-likeness (QED) is 0.576. The number of ether oxygens (including phenoxy) is 2. The standard InChI is InChI=1S/C7H13NO2.ClH/c1-3-9-4-2-8-7(1)5-10-6-7;/h8H,1-6H2;1H. The van der Waals surface area contributed by atoms with E-state index in [9.17, 15) is 0 Å². The summed E-state index contributed by atoms with van der Waals surface area (Å²) in [6.45, 7) is 4.45. The Morgan fingerprint density at radius 3 is 2.55 bits per heavy atom. The summed E-state index contributed by atoms with van der Waals surface area (Å²) < 4.78 is 10.5. The molecule has 0 amide bonds. The van der Waals surface area contributed by atoms with Gasteiger partial charge in [0.1, 0.15) is 0 Å². The van der Waals surface area contributed by atoms with Crippen LogP contribution in [-0.2, 0) is 9.47 Å². The number of hydrogen-bond donors (Lipinski definition) is 1. The maximum atomic E-state index is 5.31. The van der Waals surface area contributed by atoms with Crippen molar-refractivity contribution in [1.82, 2.24) is 5.32 Å². The molecular formula is C7H14ClNO2. The highest BCUT2D eigenvalue weighted by Crippen LogP contribution is 2.21. The molecule has 2 rings (SSSR count). The van der Waals surface area contributed by atoms with Crippen molar-refractivity contribution in [3.05, 3.63) is 0 Å². The van der Waals surface area contributed by atoms with E-state index in [1.54, 1.807) is 0 Å². The van der Waals surface area contributed by atoms with Gasteiger partial charge in [0.05, 0.1) is 25.4 Å². The topological polar surface area (TPSA) is 30.5 Å². The minimum Gasteiger partial charge on any atom is -0.380 e. The van der Waals surface area contributed by atoms with Gasteiger partial charge in [0.15, 0.2) is 0 Å². The van der Waals surface area contributed by atoms with E-state index in [2.05, 4.69) is 5.32 Å². The summed E-state index contributed by atoms with van der Waals surface area (Å²) in [5.74, 6) is 0. The molecule has 0 aromatic carbocycles. The summed E-state index contributed by atoms with van der Waals surface area (Å²) >= 11 is 0. The lowest BCUT2D eigenvalue weighted by molar-refractivity contribution is -0.0770. The van der Waals surface area contributed by atoms with Crippen LogP contribution >= 0.6 is 12.4 Å². The molecule has 0 bridgehead atoms. The van der Waals surface area contributed by atoms with Crippen molar-refractivity contribution in [2.24, 2.45) is 0 Å². The number of hydrogen-bond acceptors (Lipinski definition) is 3. The van der Waals surface area contributed by atoms with Crippen LogP contribution in [0.3, 0.4) is 0 Å². The lowest BCUT2D eigenvalue weighted by Gasteiger charge is -2.41. The van der Waals surface area contributed by atoms with Crippen LogP contribution in [0.25, 0.3) is 0 Å². The molecule has 0 aromatic heterocycles. The predicted molar refractivity (Wildman–Crippen MR) is 44.2 cm³/mol. The van der Waals surface area contributed by atoms with E-state index in [4.69, 9.17) is 9.47 Å². The monoisotopic (exact) mass is 179 g/mol. The van der Waals surface area contributed by atoms with Crippen molar-refractivity contribution >= 4 is 12.4 Å². The molecule has 3 nitrogen and oxygen atoms in total. The average Bonchev–Trinajstić information content (AvgIpc) is 2.08. The van der Waals surface area contributed by atoms with E-state index in [-0.39, 0.29) is 17.9 Å². The molecule has 2 saturated heterocycles. The van der Waals surface area contributed by atoms with Crippen LogP contribution in [0, 0.1) is 0 Å². The van der Waals surface area contributed by atoms with Gasteiger partial charge in [0.25, 0.3) is 0 Å². The van der Waals surface area contributed by atoms with Crippen LogP contribution in [0.15, 0.2) is 0 Å². The third-order valence-corrected chi connectivity index (χ3v) is 2.23. The van der Waals surface area contributed by atoms with Crippen molar-refractivity contribution in [2.75, 3.05) is 33.0 Å². The highest BCUT2D eigenvalue weighted by Gasteiger charge is 2.38. The zero-order valence-corrected chi connectivity index (χ0v) is 7.28. The van der Waals surface area contributed by atoms with Crippen LogP contribution in [0.1, 0.15) is 6.42 Å². The summed E-state index contributed by atoms with van der Waals surface area (Å²) in [4.78, 5) is 0. The average molecular weight is 180 g/mol. The molecule has 0 radical (unpaired) electrons. The van der Waals surface area contributed by atoms with Gasteiger partial charge >= 0.3 is 0 Å². The molecule has 4 heteroatoms. The van der Waals surface area contributed by atoms with Crippen molar-refractivity contribution in [3.8, 4) is 0 Å². The third kappa shape index (κ3) is 1.85. The molecule has 2 heterocycles. The third-order valence-electron chi connectivity index (χ3n) is 2.23. The lowest BCUT2D eigenvalue weighted by atomic mass is 9.94. The van der Waals surface area contributed by atoms with E-state index < -0.39 is 0 Å². The highest BCUT2D eigenvalue weighted by molar-refractivity contribution is 5.85. The minimum atomic E-state index is 0. The molecule has 11 heavy (non-hydrogen) atoms. The Morgan fingerprint density at radius 1 is 1.09 bits per heavy atom. The molecule has 0 aromatic rings. The van der Waals surface area contributed by atoms with Gasteiger partial charge in [-0.05, 0) is 6.42 Å². The first-order chi connectivity index (χ1) is 4.91. The van der Waals surface area contributed by atoms with Gasteiger partial charge in [-0.2, -0.15) is 0 Å². The second-order valence-electron chi connectivity index (χ2n) is 3.06. The fourth-order valence-electron chi connectivity index (χ4n) is 1.44. The molecule has 0 aliphatic carbocycles. The number of halogens is 1. The molecule has 66 valence electrons. The molecule has 0 saturated carbocycles. The van der Waals surface area contributed by atoms with Gasteiger partial charge in [0, 0.05) is 13.2 Å². The van der Waals surface area contributed by atoms with E-state index in [0.29, 0.717) is 0 Å². The fourth-order valence-corrected chi connectivity index (χ4v) is 1.44. The van der Waals surface area contributed by atoms with Gasteiger partial charge in [-0.25, -0.2) is 0 Å². The Labute approximate surface area is 72.8 Å². The van der Waals surface area contributed by atoms with Crippen LogP contribution in [0.4, 0.5) is 0 Å². The molecule has 1 N–H and O–H groups in total. The Hall–Kier alpha value is 0.170. The summed E-state index contributed by atoms with van der Waals surface area (Å²) in [5.41, 5.74) is 0.288. The summed E-state index contributed by atoms with van der Waals surface area (Å²) in [7, 11) is 0. The van der Waals surface area contributed by atoms with Crippen LogP contribution < -0.4 is 5.32 Å². The summed E-state index contributed by atoms with van der Waals surface area (Å²) in [6, 6.07) is 0. The van der Waals surface area contributed by atoms with Crippen LogP contribution in [0.2, 0.25) is 0 Å². The molecule has 0 unspecified atom stereocenters. The Bertz CT molecular complexity index is 118. The van der Waals surface area contributed by atoms with Gasteiger partial charge < -0.3 is 14.8 Å². The van der Waals surface area contributed by atoms with Gasteiger partial charge in [-0.15, -0.1) is 12.4 Å². The van der Waals surface area contributed by atoms with Crippen molar-refractivity contribution in [2.45, 2.75) is 12.0 Å². The van der Waals surface area contributed by atoms with Crippen LogP contribution in [0.5, 0.6) is 0 Å². The van der Waals surface area contributed by atoms with Gasteiger partial charge in [0.2, 0.25) is 0 Å². The summed E-state index contributed by atoms with van der Waals surface area (Å²) in [6.07, 6.45) is 1.10. The van der Waals surface area contributed by atoms with Crippen LogP contribution in [-0.4, -0.2) is 38.5 Å². The zero-order chi connectivity index (χ0) is 6.86. The van der Waals surface area contributed by atoms with Gasteiger partial charge in [-0.3, -0.25) is 0 Å². The first-order valence-corrected chi connectivity index (χ1v) is 3.82. The second kappa shape index (κ2) is 3.72. The van der Waals surface area contributed by atoms with E-state index in [1.165, 1.54) is 0 Å². The molecule has 2 aliphatic heterocycles. The van der Waals surface area contributed by atoms with E-state index in [1.807, 2.05) is 0 Å². The molecule has 2 aliphatic rings. The first kappa shape index (κ1) is 9.26.